The molecule has 0 saturated heterocycles. The van der Waals surface area contributed by atoms with Gasteiger partial charge in [-0.15, -0.1) is 0 Å². The van der Waals surface area contributed by atoms with Crippen LogP contribution in [0.15, 0.2) is 66.5 Å². The maximum Gasteiger partial charge on any atom is 0.415 e. The highest BCUT2D eigenvalue weighted by atomic mass is 35.5. The molecule has 200 valence electrons. The number of halogens is 1. The van der Waals surface area contributed by atoms with Crippen LogP contribution < -0.4 is 9.47 Å². The Hall–Kier alpha value is -3.46. The summed E-state index contributed by atoms with van der Waals surface area (Å²) in [7, 11) is 1.59. The van der Waals surface area contributed by atoms with Gasteiger partial charge in [0.1, 0.15) is 17.3 Å². The summed E-state index contributed by atoms with van der Waals surface area (Å²) in [6, 6.07) is 12.5. The smallest absolute Gasteiger partial charge is 0.415 e. The summed E-state index contributed by atoms with van der Waals surface area (Å²) in [4.78, 5) is 18.8. The highest BCUT2D eigenvalue weighted by molar-refractivity contribution is 6.31. The molecule has 3 aromatic rings. The van der Waals surface area contributed by atoms with Gasteiger partial charge in [-0.3, -0.25) is 4.90 Å². The van der Waals surface area contributed by atoms with Gasteiger partial charge >= 0.3 is 6.09 Å². The van der Waals surface area contributed by atoms with Crippen molar-refractivity contribution in [3.05, 3.63) is 82.7 Å². The van der Waals surface area contributed by atoms with Crippen molar-refractivity contribution in [3.63, 3.8) is 0 Å². The average molecular weight is 539 g/mol. The first-order chi connectivity index (χ1) is 18.5. The molecular formula is C29H31ClN2O6. The number of aliphatic hydroxyl groups excluding tert-OH is 2. The van der Waals surface area contributed by atoms with E-state index in [0.717, 1.165) is 16.6 Å². The molecule has 0 bridgehead atoms. The van der Waals surface area contributed by atoms with Crippen molar-refractivity contribution >= 4 is 28.6 Å². The number of aromatic amines is 1. The molecule has 3 atom stereocenters. The summed E-state index contributed by atoms with van der Waals surface area (Å²) >= 11 is 6.31. The van der Waals surface area contributed by atoms with Crippen LogP contribution in [0.1, 0.15) is 30.1 Å². The first kappa shape index (κ1) is 26.2. The van der Waals surface area contributed by atoms with Gasteiger partial charge in [-0.05, 0) is 73.0 Å². The maximum atomic E-state index is 13.5. The van der Waals surface area contributed by atoms with Gasteiger partial charge in [0.25, 0.3) is 0 Å². The van der Waals surface area contributed by atoms with Gasteiger partial charge in [-0.25, -0.2) is 4.79 Å². The summed E-state index contributed by atoms with van der Waals surface area (Å²) in [5, 5.41) is 20.3. The van der Waals surface area contributed by atoms with Crippen LogP contribution in [0.4, 0.5) is 4.79 Å². The second-order valence-electron chi connectivity index (χ2n) is 9.48. The minimum Gasteiger partial charge on any atom is -0.497 e. The molecule has 8 nitrogen and oxygen atoms in total. The van der Waals surface area contributed by atoms with Gasteiger partial charge in [0.2, 0.25) is 0 Å². The first-order valence-electron chi connectivity index (χ1n) is 12.7. The molecule has 9 heteroatoms. The molecule has 1 unspecified atom stereocenters. The number of rotatable bonds is 8. The predicted molar refractivity (Wildman–Crippen MR) is 144 cm³/mol. The van der Waals surface area contributed by atoms with Gasteiger partial charge in [-0.2, -0.15) is 0 Å². The van der Waals surface area contributed by atoms with E-state index in [4.69, 9.17) is 30.9 Å². The Balaban J connectivity index is 1.40. The number of aliphatic hydroxyl groups is 2. The van der Waals surface area contributed by atoms with E-state index in [-0.39, 0.29) is 18.6 Å². The number of ether oxygens (including phenoxy) is 3. The number of nitrogens with zero attached hydrogens (tertiary/aromatic N) is 1. The zero-order valence-electron chi connectivity index (χ0n) is 21.1. The number of nitrogens with one attached hydrogen (secondary N) is 1. The number of carbonyl (C=O) groups excluding carboxylic acids is 1. The fourth-order valence-electron chi connectivity index (χ4n) is 5.11. The van der Waals surface area contributed by atoms with Crippen LogP contribution in [-0.2, 0) is 11.2 Å². The lowest BCUT2D eigenvalue weighted by atomic mass is 9.84. The van der Waals surface area contributed by atoms with Crippen LogP contribution in [0.25, 0.3) is 10.9 Å². The highest BCUT2D eigenvalue weighted by Gasteiger charge is 2.39. The van der Waals surface area contributed by atoms with Crippen LogP contribution in [-0.4, -0.2) is 59.2 Å². The SMILES string of the molecule is COc1ccc(OC(=O)N2CCc3c([nH]c4ccc(Cl)cc34)[C@@H]2C2C=CC(OCC[C@@H](O)CO)=CC2)cc1. The fourth-order valence-corrected chi connectivity index (χ4v) is 5.28. The molecule has 1 aromatic heterocycles. The zero-order valence-corrected chi connectivity index (χ0v) is 21.9. The van der Waals surface area contributed by atoms with Crippen LogP contribution in [0.2, 0.25) is 5.02 Å². The van der Waals surface area contributed by atoms with E-state index < -0.39 is 12.2 Å². The summed E-state index contributed by atoms with van der Waals surface area (Å²) in [5.41, 5.74) is 3.13. The molecule has 38 heavy (non-hydrogen) atoms. The van der Waals surface area contributed by atoms with E-state index in [0.29, 0.717) is 54.7 Å². The second-order valence-corrected chi connectivity index (χ2v) is 9.91. The Morgan fingerprint density at radius 3 is 2.71 bits per heavy atom. The first-order valence-corrected chi connectivity index (χ1v) is 13.1. The monoisotopic (exact) mass is 538 g/mol. The van der Waals surface area contributed by atoms with Gasteiger partial charge in [0.05, 0.1) is 32.5 Å². The molecule has 0 spiro atoms. The van der Waals surface area contributed by atoms with Crippen LogP contribution in [0.3, 0.4) is 0 Å². The van der Waals surface area contributed by atoms with Crippen molar-refractivity contribution < 1.29 is 29.2 Å². The van der Waals surface area contributed by atoms with Crippen molar-refractivity contribution in [1.82, 2.24) is 9.88 Å². The normalized spacial score (nSPS) is 19.6. The van der Waals surface area contributed by atoms with Crippen molar-refractivity contribution in [2.75, 3.05) is 26.9 Å². The Morgan fingerprint density at radius 1 is 1.21 bits per heavy atom. The lowest BCUT2D eigenvalue weighted by molar-refractivity contribution is 0.0656. The quantitative estimate of drug-likeness (QED) is 0.366. The number of aromatic nitrogens is 1. The molecule has 2 aromatic carbocycles. The zero-order chi connectivity index (χ0) is 26.6. The second kappa shape index (κ2) is 11.5. The molecule has 2 aliphatic rings. The number of carbonyl (C=O) groups is 1. The van der Waals surface area contributed by atoms with E-state index in [1.165, 1.54) is 5.56 Å². The van der Waals surface area contributed by atoms with Gasteiger partial charge < -0.3 is 29.4 Å². The van der Waals surface area contributed by atoms with E-state index in [1.807, 2.05) is 30.4 Å². The summed E-state index contributed by atoms with van der Waals surface area (Å²) in [5.74, 6) is 1.82. The third-order valence-electron chi connectivity index (χ3n) is 7.07. The van der Waals surface area contributed by atoms with Crippen molar-refractivity contribution in [3.8, 4) is 11.5 Å². The molecule has 1 aliphatic carbocycles. The number of fused-ring (bicyclic) bond motifs is 3. The van der Waals surface area contributed by atoms with Crippen molar-refractivity contribution in [1.29, 1.82) is 0 Å². The van der Waals surface area contributed by atoms with E-state index in [1.54, 1.807) is 36.3 Å². The molecular weight excluding hydrogens is 508 g/mol. The Labute approximate surface area is 226 Å². The number of benzene rings is 2. The van der Waals surface area contributed by atoms with Gasteiger partial charge in [0, 0.05) is 40.5 Å². The third-order valence-corrected chi connectivity index (χ3v) is 7.30. The Morgan fingerprint density at radius 2 is 2.00 bits per heavy atom. The van der Waals surface area contributed by atoms with Crippen molar-refractivity contribution in [2.24, 2.45) is 5.92 Å². The Bertz CT molecular complexity index is 1350. The summed E-state index contributed by atoms with van der Waals surface area (Å²) < 4.78 is 16.7. The highest BCUT2D eigenvalue weighted by Crippen LogP contribution is 2.42. The number of hydrogen-bond acceptors (Lipinski definition) is 6. The van der Waals surface area contributed by atoms with E-state index >= 15 is 0 Å². The summed E-state index contributed by atoms with van der Waals surface area (Å²) in [6.45, 7) is 0.518. The third kappa shape index (κ3) is 5.53. The molecule has 3 N–H and O–H groups in total. The van der Waals surface area contributed by atoms with Crippen LogP contribution in [0, 0.1) is 5.92 Å². The molecule has 1 aliphatic heterocycles. The predicted octanol–water partition coefficient (Wildman–Crippen LogP) is 5.15. The molecule has 1 amide bonds. The fraction of sp³-hybridized carbons (Fsp3) is 0.345. The van der Waals surface area contributed by atoms with Crippen LogP contribution >= 0.6 is 11.6 Å². The Kier molecular flexibility index (Phi) is 7.93. The van der Waals surface area contributed by atoms with Crippen molar-refractivity contribution in [2.45, 2.75) is 31.4 Å². The molecule has 0 radical (unpaired) electrons. The number of hydrogen-bond donors (Lipinski definition) is 3. The largest absolute Gasteiger partial charge is 0.497 e. The average Bonchev–Trinajstić information content (AvgIpc) is 3.31. The number of allylic oxidation sites excluding steroid dienone is 2. The standard InChI is InChI=1S/C29H31ClN2O6/c1-36-21-7-9-23(10-8-21)38-29(35)32-14-12-24-25-16-19(30)4-11-26(25)31-27(24)28(32)18-2-5-22(6-3-18)37-15-13-20(34)17-33/h2,4-11,16,18,20,28,31,33-34H,3,12-15,17H2,1H3/t18?,20-,28+/m1/s1. The maximum absolute atomic E-state index is 13.5. The number of amides is 1. The minimum absolute atomic E-state index is 0.0172. The van der Waals surface area contributed by atoms with Crippen LogP contribution in [0.5, 0.6) is 11.5 Å². The molecule has 0 fully saturated rings. The number of H-pyrrole nitrogens is 1. The van der Waals surface area contributed by atoms with Gasteiger partial charge in [-0.1, -0.05) is 17.7 Å². The summed E-state index contributed by atoms with van der Waals surface area (Å²) in [6.07, 6.45) is 6.43. The van der Waals surface area contributed by atoms with E-state index in [9.17, 15) is 9.90 Å². The van der Waals surface area contributed by atoms with E-state index in [2.05, 4.69) is 11.1 Å². The molecule has 0 saturated carbocycles. The van der Waals surface area contributed by atoms with Gasteiger partial charge in [0.15, 0.2) is 0 Å². The molecule has 2 heterocycles. The minimum atomic E-state index is -0.794. The number of methoxy groups -OCH3 is 1. The lowest BCUT2D eigenvalue weighted by Gasteiger charge is -2.39. The lowest BCUT2D eigenvalue weighted by Crippen LogP contribution is -2.44. The molecule has 5 rings (SSSR count). The topological polar surface area (TPSA) is 104 Å².